The molecule has 1 aromatic carbocycles. The Balaban J connectivity index is 2.54. The van der Waals surface area contributed by atoms with Crippen molar-refractivity contribution in [3.63, 3.8) is 0 Å². The van der Waals surface area contributed by atoms with Crippen LogP contribution in [-0.4, -0.2) is 4.57 Å². The molecule has 0 fully saturated rings. The van der Waals surface area contributed by atoms with E-state index in [1.807, 2.05) is 7.05 Å². The van der Waals surface area contributed by atoms with Crippen molar-refractivity contribution >= 4 is 31.9 Å². The van der Waals surface area contributed by atoms with Crippen LogP contribution in [0.5, 0.6) is 0 Å². The van der Waals surface area contributed by atoms with Crippen LogP contribution in [0.25, 0.3) is 11.3 Å². The van der Waals surface area contributed by atoms with Gasteiger partial charge in [-0.2, -0.15) is 0 Å². The lowest BCUT2D eigenvalue weighted by molar-refractivity contribution is 0.908. The Kier molecular flexibility index (Phi) is 3.03. The summed E-state index contributed by atoms with van der Waals surface area (Å²) >= 11 is 7.04. The Morgan fingerprint density at radius 3 is 2.13 bits per heavy atom. The summed E-state index contributed by atoms with van der Waals surface area (Å²) in [6.45, 7) is 2.10. The van der Waals surface area contributed by atoms with E-state index in [9.17, 15) is 0 Å². The van der Waals surface area contributed by atoms with E-state index in [4.69, 9.17) is 0 Å². The minimum atomic E-state index is 1.07. The van der Waals surface area contributed by atoms with E-state index in [0.717, 1.165) is 9.08 Å². The predicted octanol–water partition coefficient (Wildman–Crippen LogP) is 4.53. The summed E-state index contributed by atoms with van der Waals surface area (Å²) in [5, 5.41) is 0. The molecule has 1 nitrogen and oxygen atoms in total. The molecule has 0 unspecified atom stereocenters. The lowest BCUT2D eigenvalue weighted by atomic mass is 10.1. The third-order valence-corrected chi connectivity index (χ3v) is 4.56. The summed E-state index contributed by atoms with van der Waals surface area (Å²) in [5.41, 5.74) is 3.72. The first-order valence-electron chi connectivity index (χ1n) is 4.67. The predicted molar refractivity (Wildman–Crippen MR) is 71.0 cm³/mol. The Hall–Kier alpha value is -0.540. The second-order valence-corrected chi connectivity index (χ2v) is 5.20. The second-order valence-electron chi connectivity index (χ2n) is 3.59. The first-order chi connectivity index (χ1) is 7.09. The molecule has 3 heteroatoms. The zero-order valence-corrected chi connectivity index (χ0v) is 11.8. The number of nitrogens with zero attached hydrogens (tertiary/aromatic N) is 1. The maximum absolute atomic E-state index is 3.53. The monoisotopic (exact) mass is 327 g/mol. The molecule has 0 saturated heterocycles. The molecule has 0 aliphatic heterocycles. The number of hydrogen-bond acceptors (Lipinski definition) is 0. The SMILES string of the molecule is Cc1ccc(-c2cc(Br)c(Br)n2C)cc1. The van der Waals surface area contributed by atoms with Gasteiger partial charge in [0.15, 0.2) is 0 Å². The van der Waals surface area contributed by atoms with Crippen LogP contribution in [0.15, 0.2) is 39.4 Å². The van der Waals surface area contributed by atoms with Crippen LogP contribution in [0, 0.1) is 6.92 Å². The second kappa shape index (κ2) is 4.14. The molecule has 1 aromatic heterocycles. The molecule has 2 aromatic rings. The summed E-state index contributed by atoms with van der Waals surface area (Å²) < 4.78 is 4.27. The van der Waals surface area contributed by atoms with Gasteiger partial charge < -0.3 is 4.57 Å². The Morgan fingerprint density at radius 2 is 1.67 bits per heavy atom. The molecule has 15 heavy (non-hydrogen) atoms. The van der Waals surface area contributed by atoms with E-state index in [1.54, 1.807) is 0 Å². The van der Waals surface area contributed by atoms with Crippen molar-refractivity contribution in [1.29, 1.82) is 0 Å². The summed E-state index contributed by atoms with van der Waals surface area (Å²) in [7, 11) is 2.05. The van der Waals surface area contributed by atoms with Crippen molar-refractivity contribution in [3.05, 3.63) is 45.0 Å². The third kappa shape index (κ3) is 2.04. The number of aromatic nitrogens is 1. The zero-order valence-electron chi connectivity index (χ0n) is 8.59. The average Bonchev–Trinajstić information content (AvgIpc) is 2.47. The fourth-order valence-electron chi connectivity index (χ4n) is 1.54. The number of rotatable bonds is 1. The maximum atomic E-state index is 3.53. The third-order valence-electron chi connectivity index (χ3n) is 2.46. The van der Waals surface area contributed by atoms with Gasteiger partial charge in [-0.25, -0.2) is 0 Å². The van der Waals surface area contributed by atoms with Crippen molar-refractivity contribution in [1.82, 2.24) is 4.57 Å². The van der Waals surface area contributed by atoms with Gasteiger partial charge >= 0.3 is 0 Å². The minimum absolute atomic E-state index is 1.07. The van der Waals surface area contributed by atoms with Gasteiger partial charge in [-0.15, -0.1) is 0 Å². The fourth-order valence-corrected chi connectivity index (χ4v) is 2.33. The highest BCUT2D eigenvalue weighted by Gasteiger charge is 2.09. The molecule has 0 spiro atoms. The molecule has 0 bridgehead atoms. The van der Waals surface area contributed by atoms with Crippen LogP contribution in [-0.2, 0) is 7.05 Å². The van der Waals surface area contributed by atoms with Crippen LogP contribution in [0.2, 0.25) is 0 Å². The largest absolute Gasteiger partial charge is 0.337 e. The summed E-state index contributed by atoms with van der Waals surface area (Å²) in [4.78, 5) is 0. The van der Waals surface area contributed by atoms with Gasteiger partial charge in [0.1, 0.15) is 0 Å². The average molecular weight is 329 g/mol. The molecule has 0 atom stereocenters. The van der Waals surface area contributed by atoms with Crippen molar-refractivity contribution in [2.75, 3.05) is 0 Å². The highest BCUT2D eigenvalue weighted by Crippen LogP contribution is 2.32. The van der Waals surface area contributed by atoms with Gasteiger partial charge in [-0.1, -0.05) is 29.8 Å². The molecular formula is C12H11Br2N. The van der Waals surface area contributed by atoms with Crippen LogP contribution in [0.3, 0.4) is 0 Å². The van der Waals surface area contributed by atoms with Crippen molar-refractivity contribution in [2.24, 2.45) is 7.05 Å². The van der Waals surface area contributed by atoms with Crippen molar-refractivity contribution in [2.45, 2.75) is 6.92 Å². The van der Waals surface area contributed by atoms with Crippen LogP contribution in [0.4, 0.5) is 0 Å². The highest BCUT2D eigenvalue weighted by atomic mass is 79.9. The van der Waals surface area contributed by atoms with Gasteiger partial charge in [0.2, 0.25) is 0 Å². The van der Waals surface area contributed by atoms with Crippen LogP contribution < -0.4 is 0 Å². The lowest BCUT2D eigenvalue weighted by Crippen LogP contribution is -1.91. The first kappa shape index (κ1) is 11.0. The summed E-state index contributed by atoms with van der Waals surface area (Å²) in [5.74, 6) is 0. The van der Waals surface area contributed by atoms with E-state index >= 15 is 0 Å². The molecule has 0 radical (unpaired) electrons. The van der Waals surface area contributed by atoms with Gasteiger partial charge in [0.25, 0.3) is 0 Å². The van der Waals surface area contributed by atoms with Crippen LogP contribution in [0.1, 0.15) is 5.56 Å². The Morgan fingerprint density at radius 1 is 1.07 bits per heavy atom. The summed E-state index contributed by atoms with van der Waals surface area (Å²) in [6.07, 6.45) is 0. The van der Waals surface area contributed by atoms with Crippen molar-refractivity contribution < 1.29 is 0 Å². The Bertz CT molecular complexity index is 483. The fraction of sp³-hybridized carbons (Fsp3) is 0.167. The standard InChI is InChI=1S/C12H11Br2N/c1-8-3-5-9(6-4-8)11-7-10(13)12(14)15(11)2/h3-7H,1-2H3. The smallest absolute Gasteiger partial charge is 0.0992 e. The van der Waals surface area contributed by atoms with Gasteiger partial charge in [0, 0.05) is 12.7 Å². The molecule has 78 valence electrons. The van der Waals surface area contributed by atoms with E-state index in [1.165, 1.54) is 16.8 Å². The van der Waals surface area contributed by atoms with Gasteiger partial charge in [0.05, 0.1) is 9.08 Å². The number of benzene rings is 1. The van der Waals surface area contributed by atoms with E-state index < -0.39 is 0 Å². The lowest BCUT2D eigenvalue weighted by Gasteiger charge is -2.04. The van der Waals surface area contributed by atoms with Gasteiger partial charge in [-0.05, 0) is 50.4 Å². The molecule has 1 heterocycles. The number of hydrogen-bond donors (Lipinski definition) is 0. The molecule has 0 saturated carbocycles. The van der Waals surface area contributed by atoms with Crippen molar-refractivity contribution in [3.8, 4) is 11.3 Å². The zero-order chi connectivity index (χ0) is 11.0. The topological polar surface area (TPSA) is 4.93 Å². The molecule has 0 aliphatic carbocycles. The molecule has 0 aliphatic rings. The van der Waals surface area contributed by atoms with Crippen LogP contribution >= 0.6 is 31.9 Å². The summed E-state index contributed by atoms with van der Waals surface area (Å²) in [6, 6.07) is 10.7. The molecular weight excluding hydrogens is 318 g/mol. The number of aryl methyl sites for hydroxylation is 1. The van der Waals surface area contributed by atoms with Gasteiger partial charge in [-0.3, -0.25) is 0 Å². The van der Waals surface area contributed by atoms with E-state index in [-0.39, 0.29) is 0 Å². The normalized spacial score (nSPS) is 10.7. The molecule has 0 N–H and O–H groups in total. The number of halogens is 2. The minimum Gasteiger partial charge on any atom is -0.337 e. The molecule has 0 amide bonds. The van der Waals surface area contributed by atoms with E-state index in [2.05, 4.69) is 73.7 Å². The first-order valence-corrected chi connectivity index (χ1v) is 6.26. The van der Waals surface area contributed by atoms with E-state index in [0.29, 0.717) is 0 Å². The maximum Gasteiger partial charge on any atom is 0.0992 e. The quantitative estimate of drug-likeness (QED) is 0.725. The Labute approximate surface area is 106 Å². The highest BCUT2D eigenvalue weighted by molar-refractivity contribution is 9.13. The molecule has 2 rings (SSSR count).